The molecular formula is C19H21IN4O2. The van der Waals surface area contributed by atoms with Gasteiger partial charge in [-0.1, -0.05) is 24.3 Å². The number of carbonyl (C=O) groups excluding carboxylic acids is 1. The zero-order chi connectivity index (χ0) is 18.5. The van der Waals surface area contributed by atoms with E-state index >= 15 is 0 Å². The number of imidazole rings is 1. The zero-order valence-corrected chi connectivity index (χ0v) is 16.4. The topological polar surface area (TPSA) is 93.2 Å². The van der Waals surface area contributed by atoms with Crippen molar-refractivity contribution in [2.75, 3.05) is 18.5 Å². The number of aliphatic hydroxyl groups is 1. The Morgan fingerprint density at radius 3 is 2.65 bits per heavy atom. The van der Waals surface area contributed by atoms with Crippen LogP contribution in [0.4, 0.5) is 5.95 Å². The zero-order valence-electron chi connectivity index (χ0n) is 14.2. The van der Waals surface area contributed by atoms with Crippen LogP contribution >= 0.6 is 22.6 Å². The third kappa shape index (κ3) is 4.16. The van der Waals surface area contributed by atoms with Crippen LogP contribution in [0.3, 0.4) is 0 Å². The number of rotatable bonds is 8. The first kappa shape index (κ1) is 18.7. The van der Waals surface area contributed by atoms with Crippen molar-refractivity contribution in [2.45, 2.75) is 18.9 Å². The Bertz CT molecular complexity index is 892. The summed E-state index contributed by atoms with van der Waals surface area (Å²) >= 11 is 2.25. The maximum Gasteiger partial charge on any atom is 0.240 e. The minimum atomic E-state index is -0.556. The number of amides is 1. The summed E-state index contributed by atoms with van der Waals surface area (Å²) in [4.78, 5) is 16.9. The number of nitrogens with one attached hydrogen (secondary N) is 1. The highest BCUT2D eigenvalue weighted by Crippen LogP contribution is 2.27. The lowest BCUT2D eigenvalue weighted by Gasteiger charge is -2.19. The number of para-hydroxylation sites is 2. The maximum atomic E-state index is 12.3. The lowest BCUT2D eigenvalue weighted by molar-refractivity contribution is -0.121. The Hall–Kier alpha value is -2.13. The van der Waals surface area contributed by atoms with Gasteiger partial charge in [0.2, 0.25) is 11.9 Å². The summed E-state index contributed by atoms with van der Waals surface area (Å²) in [5.74, 6) is 0.186. The van der Waals surface area contributed by atoms with Crippen molar-refractivity contribution in [2.24, 2.45) is 5.73 Å². The molecule has 0 fully saturated rings. The maximum absolute atomic E-state index is 12.3. The molecule has 136 valence electrons. The molecule has 0 aliphatic heterocycles. The lowest BCUT2D eigenvalue weighted by Crippen LogP contribution is -2.29. The van der Waals surface area contributed by atoms with E-state index < -0.39 is 11.9 Å². The van der Waals surface area contributed by atoms with Gasteiger partial charge in [-0.2, -0.15) is 0 Å². The first-order valence-corrected chi connectivity index (χ1v) is 9.53. The van der Waals surface area contributed by atoms with Crippen molar-refractivity contribution in [3.63, 3.8) is 0 Å². The quantitative estimate of drug-likeness (QED) is 0.353. The number of hydrogen-bond acceptors (Lipinski definition) is 4. The van der Waals surface area contributed by atoms with E-state index in [1.165, 1.54) is 0 Å². The Kier molecular flexibility index (Phi) is 6.10. The number of hydrogen-bond donors (Lipinski definition) is 3. The Labute approximate surface area is 165 Å². The smallest absolute Gasteiger partial charge is 0.240 e. The number of primary amides is 1. The number of aliphatic hydroxyl groups excluding tert-OH is 1. The SMILES string of the molecule is NC(=O)C(Cc1ccc(I)cc1)n1c(NCCCO)nc2ccccc21. The van der Waals surface area contributed by atoms with E-state index in [-0.39, 0.29) is 6.61 Å². The summed E-state index contributed by atoms with van der Waals surface area (Å²) in [6, 6.07) is 15.2. The van der Waals surface area contributed by atoms with E-state index in [2.05, 4.69) is 32.9 Å². The molecule has 0 aliphatic carbocycles. The van der Waals surface area contributed by atoms with Crippen LogP contribution in [0.15, 0.2) is 48.5 Å². The Morgan fingerprint density at radius 1 is 1.23 bits per heavy atom. The van der Waals surface area contributed by atoms with Crippen LogP contribution in [0.1, 0.15) is 18.0 Å². The molecule has 1 unspecified atom stereocenters. The summed E-state index contributed by atoms with van der Waals surface area (Å²) in [5.41, 5.74) is 8.45. The van der Waals surface area contributed by atoms with E-state index in [9.17, 15) is 4.79 Å². The van der Waals surface area contributed by atoms with Crippen LogP contribution in [0.2, 0.25) is 0 Å². The number of anilines is 1. The highest BCUT2D eigenvalue weighted by molar-refractivity contribution is 14.1. The van der Waals surface area contributed by atoms with E-state index in [0.717, 1.165) is 20.2 Å². The molecule has 1 heterocycles. The Morgan fingerprint density at radius 2 is 1.96 bits per heavy atom. The van der Waals surface area contributed by atoms with Gasteiger partial charge >= 0.3 is 0 Å². The second-order valence-corrected chi connectivity index (χ2v) is 7.29. The molecule has 0 bridgehead atoms. The molecule has 0 spiro atoms. The van der Waals surface area contributed by atoms with Crippen molar-refractivity contribution >= 4 is 45.5 Å². The van der Waals surface area contributed by atoms with E-state index in [0.29, 0.717) is 25.3 Å². The van der Waals surface area contributed by atoms with Crippen LogP contribution in [0.25, 0.3) is 11.0 Å². The van der Waals surface area contributed by atoms with E-state index in [1.54, 1.807) is 0 Å². The van der Waals surface area contributed by atoms with Crippen molar-refractivity contribution in [1.82, 2.24) is 9.55 Å². The van der Waals surface area contributed by atoms with Gasteiger partial charge in [-0.3, -0.25) is 9.36 Å². The van der Waals surface area contributed by atoms with Gasteiger partial charge in [-0.15, -0.1) is 0 Å². The number of nitrogens with zero attached hydrogens (tertiary/aromatic N) is 2. The number of aromatic nitrogens is 2. The molecule has 1 atom stereocenters. The molecule has 26 heavy (non-hydrogen) atoms. The molecule has 1 aromatic heterocycles. The van der Waals surface area contributed by atoms with Crippen molar-refractivity contribution in [1.29, 1.82) is 0 Å². The van der Waals surface area contributed by atoms with Crippen LogP contribution in [0.5, 0.6) is 0 Å². The summed E-state index contributed by atoms with van der Waals surface area (Å²) in [7, 11) is 0. The van der Waals surface area contributed by atoms with Gasteiger partial charge in [0, 0.05) is 23.1 Å². The molecule has 3 rings (SSSR count). The second-order valence-electron chi connectivity index (χ2n) is 6.05. The fourth-order valence-electron chi connectivity index (χ4n) is 2.93. The number of fused-ring (bicyclic) bond motifs is 1. The first-order valence-electron chi connectivity index (χ1n) is 8.45. The molecule has 0 aliphatic rings. The second kappa shape index (κ2) is 8.50. The minimum Gasteiger partial charge on any atom is -0.396 e. The predicted molar refractivity (Wildman–Crippen MR) is 111 cm³/mol. The van der Waals surface area contributed by atoms with Crippen molar-refractivity contribution in [3.05, 3.63) is 57.7 Å². The third-order valence-electron chi connectivity index (χ3n) is 4.20. The Balaban J connectivity index is 2.01. The van der Waals surface area contributed by atoms with Gasteiger partial charge in [0.1, 0.15) is 6.04 Å². The molecule has 3 aromatic rings. The minimum absolute atomic E-state index is 0.0924. The van der Waals surface area contributed by atoms with Gasteiger partial charge in [0.15, 0.2) is 0 Å². The molecule has 0 radical (unpaired) electrons. The standard InChI is InChI=1S/C19H21IN4O2/c20-14-8-6-13(7-9-14)12-17(18(21)26)24-16-5-2-1-4-15(16)23-19(24)22-10-3-11-25/h1-2,4-9,17,25H,3,10-12H2,(H2,21,26)(H,22,23). The highest BCUT2D eigenvalue weighted by atomic mass is 127. The van der Waals surface area contributed by atoms with Gasteiger partial charge in [0.25, 0.3) is 0 Å². The average molecular weight is 464 g/mol. The van der Waals surface area contributed by atoms with Gasteiger partial charge in [-0.25, -0.2) is 4.98 Å². The van der Waals surface area contributed by atoms with E-state index in [4.69, 9.17) is 10.8 Å². The van der Waals surface area contributed by atoms with Crippen molar-refractivity contribution < 1.29 is 9.90 Å². The summed E-state index contributed by atoms with van der Waals surface area (Å²) in [6.07, 6.45) is 1.09. The summed E-state index contributed by atoms with van der Waals surface area (Å²) in [6.45, 7) is 0.657. The summed E-state index contributed by atoms with van der Waals surface area (Å²) < 4.78 is 3.01. The van der Waals surface area contributed by atoms with Gasteiger partial charge in [0.05, 0.1) is 11.0 Å². The number of halogens is 1. The van der Waals surface area contributed by atoms with Crippen LogP contribution < -0.4 is 11.1 Å². The molecule has 4 N–H and O–H groups in total. The molecule has 0 saturated carbocycles. The molecule has 6 nitrogen and oxygen atoms in total. The largest absolute Gasteiger partial charge is 0.396 e. The van der Waals surface area contributed by atoms with Gasteiger partial charge < -0.3 is 16.2 Å². The van der Waals surface area contributed by atoms with E-state index in [1.807, 2.05) is 53.1 Å². The monoisotopic (exact) mass is 464 g/mol. The molecular weight excluding hydrogens is 443 g/mol. The number of nitrogens with two attached hydrogens (primary N) is 1. The number of benzene rings is 2. The van der Waals surface area contributed by atoms with Crippen molar-refractivity contribution in [3.8, 4) is 0 Å². The van der Waals surface area contributed by atoms with Crippen LogP contribution in [0, 0.1) is 3.57 Å². The van der Waals surface area contributed by atoms with Crippen LogP contribution in [-0.2, 0) is 11.2 Å². The number of carbonyl (C=O) groups is 1. The fourth-order valence-corrected chi connectivity index (χ4v) is 3.29. The third-order valence-corrected chi connectivity index (χ3v) is 4.92. The molecule has 0 saturated heterocycles. The molecule has 1 amide bonds. The van der Waals surface area contributed by atoms with Crippen LogP contribution in [-0.4, -0.2) is 33.7 Å². The molecule has 7 heteroatoms. The highest BCUT2D eigenvalue weighted by Gasteiger charge is 2.24. The predicted octanol–water partition coefficient (Wildman–Crippen LogP) is 2.70. The molecule has 2 aromatic carbocycles. The van der Waals surface area contributed by atoms with Gasteiger partial charge in [-0.05, 0) is 58.8 Å². The summed E-state index contributed by atoms with van der Waals surface area (Å²) in [5, 5.41) is 12.2. The normalized spacial score (nSPS) is 12.2. The fraction of sp³-hybridized carbons (Fsp3) is 0.263. The lowest BCUT2D eigenvalue weighted by atomic mass is 10.1. The average Bonchev–Trinajstić information content (AvgIpc) is 2.99. The first-order chi connectivity index (χ1) is 12.6.